The number of likely N-dealkylation sites (N-methyl/N-ethyl adjacent to an activating group) is 1. The lowest BCUT2D eigenvalue weighted by atomic mass is 9.88. The zero-order valence-electron chi connectivity index (χ0n) is 11.9. The van der Waals surface area contributed by atoms with Gasteiger partial charge in [0.1, 0.15) is 0 Å². The van der Waals surface area contributed by atoms with E-state index in [1.54, 1.807) is 5.56 Å². The molecule has 0 saturated carbocycles. The second kappa shape index (κ2) is 5.01. The third kappa shape index (κ3) is 2.46. The van der Waals surface area contributed by atoms with Crippen LogP contribution in [0.3, 0.4) is 0 Å². The topological polar surface area (TPSA) is 3.24 Å². The van der Waals surface area contributed by atoms with Crippen molar-refractivity contribution in [3.05, 3.63) is 33.4 Å². The van der Waals surface area contributed by atoms with Gasteiger partial charge in [-0.3, -0.25) is 0 Å². The van der Waals surface area contributed by atoms with Gasteiger partial charge in [0.25, 0.3) is 0 Å². The summed E-state index contributed by atoms with van der Waals surface area (Å²) in [5, 5.41) is 0. The SMILES string of the molecule is Cc1c(C)c(C)c(CCN(C)C)c(C)c1C. The van der Waals surface area contributed by atoms with Crippen molar-refractivity contribution in [2.24, 2.45) is 0 Å². The lowest BCUT2D eigenvalue weighted by Crippen LogP contribution is -2.17. The summed E-state index contributed by atoms with van der Waals surface area (Å²) in [4.78, 5) is 2.25. The predicted molar refractivity (Wildman–Crippen MR) is 72.4 cm³/mol. The fourth-order valence-electron chi connectivity index (χ4n) is 2.29. The third-order valence-electron chi connectivity index (χ3n) is 3.96. The van der Waals surface area contributed by atoms with Crippen molar-refractivity contribution in [3.8, 4) is 0 Å². The van der Waals surface area contributed by atoms with E-state index in [0.717, 1.165) is 13.0 Å². The van der Waals surface area contributed by atoms with Crippen molar-refractivity contribution in [2.75, 3.05) is 20.6 Å². The molecule has 0 fully saturated rings. The lowest BCUT2D eigenvalue weighted by molar-refractivity contribution is 0.413. The number of hydrogen-bond donors (Lipinski definition) is 0. The van der Waals surface area contributed by atoms with Crippen molar-refractivity contribution in [3.63, 3.8) is 0 Å². The molecule has 0 atom stereocenters. The van der Waals surface area contributed by atoms with Gasteiger partial charge in [-0.25, -0.2) is 0 Å². The third-order valence-corrected chi connectivity index (χ3v) is 3.96. The number of benzene rings is 1. The highest BCUT2D eigenvalue weighted by atomic mass is 15.0. The fraction of sp³-hybridized carbons (Fsp3) is 0.600. The Hall–Kier alpha value is -0.820. The molecule has 0 spiro atoms. The monoisotopic (exact) mass is 219 g/mol. The maximum Gasteiger partial charge on any atom is 0.00159 e. The van der Waals surface area contributed by atoms with Gasteiger partial charge in [-0.05, 0) is 88.5 Å². The second-order valence-corrected chi connectivity index (χ2v) is 5.16. The summed E-state index contributed by atoms with van der Waals surface area (Å²) in [5.41, 5.74) is 8.93. The molecule has 0 amide bonds. The van der Waals surface area contributed by atoms with Gasteiger partial charge in [-0.2, -0.15) is 0 Å². The average Bonchev–Trinajstić information content (AvgIpc) is 2.23. The first kappa shape index (κ1) is 13.2. The Kier molecular flexibility index (Phi) is 4.15. The van der Waals surface area contributed by atoms with E-state index in [4.69, 9.17) is 0 Å². The number of nitrogens with zero attached hydrogens (tertiary/aromatic N) is 1. The lowest BCUT2D eigenvalue weighted by Gasteiger charge is -2.20. The minimum absolute atomic E-state index is 1.13. The molecule has 1 heteroatoms. The molecule has 0 saturated heterocycles. The van der Waals surface area contributed by atoms with Crippen LogP contribution in [0.4, 0.5) is 0 Å². The second-order valence-electron chi connectivity index (χ2n) is 5.16. The van der Waals surface area contributed by atoms with Crippen molar-refractivity contribution < 1.29 is 0 Å². The van der Waals surface area contributed by atoms with Crippen LogP contribution in [0.5, 0.6) is 0 Å². The van der Waals surface area contributed by atoms with Crippen molar-refractivity contribution in [1.29, 1.82) is 0 Å². The molecule has 1 rings (SSSR count). The van der Waals surface area contributed by atoms with Gasteiger partial charge in [-0.15, -0.1) is 0 Å². The van der Waals surface area contributed by atoms with Crippen LogP contribution in [0.2, 0.25) is 0 Å². The first-order chi connectivity index (χ1) is 7.36. The van der Waals surface area contributed by atoms with E-state index in [0.29, 0.717) is 0 Å². The zero-order valence-corrected chi connectivity index (χ0v) is 11.9. The quantitative estimate of drug-likeness (QED) is 0.753. The van der Waals surface area contributed by atoms with Gasteiger partial charge in [0, 0.05) is 6.54 Å². The molecule has 1 aromatic rings. The molecule has 1 nitrogen and oxygen atoms in total. The first-order valence-electron chi connectivity index (χ1n) is 6.06. The molecule has 0 N–H and O–H groups in total. The summed E-state index contributed by atoms with van der Waals surface area (Å²) >= 11 is 0. The van der Waals surface area contributed by atoms with Crippen LogP contribution in [-0.4, -0.2) is 25.5 Å². The van der Waals surface area contributed by atoms with Gasteiger partial charge in [0.15, 0.2) is 0 Å². The van der Waals surface area contributed by atoms with Crippen LogP contribution in [0, 0.1) is 34.6 Å². The van der Waals surface area contributed by atoms with Crippen LogP contribution in [0.25, 0.3) is 0 Å². The van der Waals surface area contributed by atoms with Crippen LogP contribution >= 0.6 is 0 Å². The summed E-state index contributed by atoms with van der Waals surface area (Å²) in [6, 6.07) is 0. The van der Waals surface area contributed by atoms with E-state index in [9.17, 15) is 0 Å². The first-order valence-corrected chi connectivity index (χ1v) is 6.06. The summed E-state index contributed by atoms with van der Waals surface area (Å²) in [5.74, 6) is 0. The van der Waals surface area contributed by atoms with E-state index >= 15 is 0 Å². The molecule has 16 heavy (non-hydrogen) atoms. The molecule has 0 aliphatic rings. The summed E-state index contributed by atoms with van der Waals surface area (Å²) in [7, 11) is 4.27. The highest BCUT2D eigenvalue weighted by Gasteiger charge is 2.11. The van der Waals surface area contributed by atoms with E-state index in [1.807, 2.05) is 0 Å². The minimum atomic E-state index is 1.13. The highest BCUT2D eigenvalue weighted by Crippen LogP contribution is 2.26. The van der Waals surface area contributed by atoms with Crippen LogP contribution in [0.1, 0.15) is 33.4 Å². The van der Waals surface area contributed by atoms with Crippen molar-refractivity contribution in [1.82, 2.24) is 4.90 Å². The molecular formula is C15H25N. The normalized spacial score (nSPS) is 11.2. The Balaban J connectivity index is 3.18. The maximum absolute atomic E-state index is 2.26. The van der Waals surface area contributed by atoms with Crippen molar-refractivity contribution >= 4 is 0 Å². The summed E-state index contributed by atoms with van der Waals surface area (Å²) < 4.78 is 0. The fourth-order valence-corrected chi connectivity index (χ4v) is 2.29. The minimum Gasteiger partial charge on any atom is -0.309 e. The van der Waals surface area contributed by atoms with E-state index in [2.05, 4.69) is 53.6 Å². The van der Waals surface area contributed by atoms with Gasteiger partial charge in [0.05, 0.1) is 0 Å². The van der Waals surface area contributed by atoms with Gasteiger partial charge in [-0.1, -0.05) is 0 Å². The summed E-state index contributed by atoms with van der Waals surface area (Å²) in [6.07, 6.45) is 1.16. The van der Waals surface area contributed by atoms with Crippen LogP contribution < -0.4 is 0 Å². The van der Waals surface area contributed by atoms with Gasteiger partial charge < -0.3 is 4.90 Å². The maximum atomic E-state index is 2.26. The van der Waals surface area contributed by atoms with E-state index in [1.165, 1.54) is 27.8 Å². The number of rotatable bonds is 3. The molecule has 0 bridgehead atoms. The average molecular weight is 219 g/mol. The van der Waals surface area contributed by atoms with Gasteiger partial charge in [0.2, 0.25) is 0 Å². The Morgan fingerprint density at radius 1 is 0.688 bits per heavy atom. The Labute approximate surface area is 100 Å². The van der Waals surface area contributed by atoms with E-state index < -0.39 is 0 Å². The number of hydrogen-bond acceptors (Lipinski definition) is 1. The Morgan fingerprint density at radius 2 is 1.06 bits per heavy atom. The Bertz CT molecular complexity index is 360. The molecule has 0 aliphatic heterocycles. The van der Waals surface area contributed by atoms with Crippen LogP contribution in [0.15, 0.2) is 0 Å². The molecule has 0 radical (unpaired) electrons. The van der Waals surface area contributed by atoms with Crippen LogP contribution in [-0.2, 0) is 6.42 Å². The molecule has 90 valence electrons. The molecular weight excluding hydrogens is 194 g/mol. The van der Waals surface area contributed by atoms with Crippen molar-refractivity contribution in [2.45, 2.75) is 41.0 Å². The standard InChI is InChI=1S/C15H25N/c1-10-11(2)13(4)15(8-9-16(6)7)14(5)12(10)3/h8-9H2,1-7H3. The molecule has 0 heterocycles. The molecule has 1 aromatic carbocycles. The van der Waals surface area contributed by atoms with E-state index in [-0.39, 0.29) is 0 Å². The zero-order chi connectivity index (χ0) is 12.5. The largest absolute Gasteiger partial charge is 0.309 e. The molecule has 0 aromatic heterocycles. The Morgan fingerprint density at radius 3 is 1.44 bits per heavy atom. The van der Waals surface area contributed by atoms with Gasteiger partial charge >= 0.3 is 0 Å². The summed E-state index contributed by atoms with van der Waals surface area (Å²) in [6.45, 7) is 12.4. The highest BCUT2D eigenvalue weighted by molar-refractivity contribution is 5.49. The molecule has 0 unspecified atom stereocenters. The molecule has 0 aliphatic carbocycles. The smallest absolute Gasteiger partial charge is 0.00159 e. The predicted octanol–water partition coefficient (Wildman–Crippen LogP) is 3.33.